The number of hydrogen-bond acceptors (Lipinski definition) is 4. The van der Waals surface area contributed by atoms with Gasteiger partial charge in [-0.05, 0) is 45.4 Å². The van der Waals surface area contributed by atoms with Gasteiger partial charge >= 0.3 is 11.9 Å². The smallest absolute Gasteiger partial charge is 0.324 e. The minimum atomic E-state index is -1.01. The van der Waals surface area contributed by atoms with Crippen molar-refractivity contribution in [1.29, 1.82) is 0 Å². The molecule has 0 aromatic heterocycles. The first kappa shape index (κ1) is 12.4. The fourth-order valence-corrected chi connectivity index (χ4v) is 2.99. The average molecular weight is 240 g/mol. The van der Waals surface area contributed by atoms with Gasteiger partial charge < -0.3 is 9.47 Å². The topological polar surface area (TPSA) is 52.6 Å². The summed E-state index contributed by atoms with van der Waals surface area (Å²) >= 11 is 0. The summed E-state index contributed by atoms with van der Waals surface area (Å²) in [6, 6.07) is 0. The van der Waals surface area contributed by atoms with Gasteiger partial charge in [0.2, 0.25) is 0 Å². The fourth-order valence-electron chi connectivity index (χ4n) is 2.99. The molecule has 0 aromatic rings. The SMILES string of the molecule is CCOC(=O)C12CCCC(CC)(CC1)OC2=O. The van der Waals surface area contributed by atoms with E-state index in [1.165, 1.54) is 0 Å². The zero-order chi connectivity index (χ0) is 12.5. The lowest BCUT2D eigenvalue weighted by Gasteiger charge is -2.39. The van der Waals surface area contributed by atoms with Crippen LogP contribution < -0.4 is 0 Å². The van der Waals surface area contributed by atoms with E-state index in [4.69, 9.17) is 9.47 Å². The summed E-state index contributed by atoms with van der Waals surface area (Å²) in [5.74, 6) is -0.752. The molecule has 2 saturated heterocycles. The molecule has 3 aliphatic rings. The van der Waals surface area contributed by atoms with Gasteiger partial charge in [-0.3, -0.25) is 9.59 Å². The van der Waals surface area contributed by atoms with Gasteiger partial charge in [0.05, 0.1) is 6.61 Å². The number of hydrogen-bond donors (Lipinski definition) is 0. The van der Waals surface area contributed by atoms with E-state index in [1.807, 2.05) is 6.92 Å². The standard InChI is InChI=1S/C13H20O4/c1-3-12-6-5-7-13(9-8-12,11(15)17-12)10(14)16-4-2/h3-9H2,1-2H3. The van der Waals surface area contributed by atoms with E-state index in [0.29, 0.717) is 19.4 Å². The summed E-state index contributed by atoms with van der Waals surface area (Å²) in [5, 5.41) is 0. The molecule has 1 aliphatic carbocycles. The minimum Gasteiger partial charge on any atom is -0.465 e. The third-order valence-corrected chi connectivity index (χ3v) is 4.25. The lowest BCUT2D eigenvalue weighted by atomic mass is 9.77. The number of esters is 2. The number of rotatable bonds is 3. The molecule has 0 radical (unpaired) electrons. The zero-order valence-electron chi connectivity index (χ0n) is 10.6. The van der Waals surface area contributed by atoms with E-state index in [2.05, 4.69) is 0 Å². The van der Waals surface area contributed by atoms with Crippen molar-refractivity contribution in [2.75, 3.05) is 6.61 Å². The predicted molar refractivity (Wildman–Crippen MR) is 61.3 cm³/mol. The molecule has 96 valence electrons. The Balaban J connectivity index is 2.26. The van der Waals surface area contributed by atoms with E-state index in [-0.39, 0.29) is 11.6 Å². The molecule has 2 heterocycles. The Labute approximate surface area is 102 Å². The normalized spacial score (nSPS) is 36.2. The Kier molecular flexibility index (Phi) is 3.15. The molecule has 3 rings (SSSR count). The van der Waals surface area contributed by atoms with Crippen LogP contribution in [0, 0.1) is 5.41 Å². The van der Waals surface area contributed by atoms with Gasteiger partial charge in [0, 0.05) is 0 Å². The molecule has 0 amide bonds. The van der Waals surface area contributed by atoms with Gasteiger partial charge in [-0.25, -0.2) is 0 Å². The minimum absolute atomic E-state index is 0.312. The van der Waals surface area contributed by atoms with Crippen LogP contribution in [0.1, 0.15) is 52.4 Å². The first-order valence-corrected chi connectivity index (χ1v) is 6.49. The lowest BCUT2D eigenvalue weighted by Crippen LogP contribution is -2.49. The Hall–Kier alpha value is -1.06. The quantitative estimate of drug-likeness (QED) is 0.560. The number of ether oxygens (including phenoxy) is 2. The van der Waals surface area contributed by atoms with Crippen LogP contribution in [-0.4, -0.2) is 24.1 Å². The molecule has 0 N–H and O–H groups in total. The van der Waals surface area contributed by atoms with Crippen molar-refractivity contribution in [2.24, 2.45) is 5.41 Å². The van der Waals surface area contributed by atoms with Crippen LogP contribution in [0.4, 0.5) is 0 Å². The summed E-state index contributed by atoms with van der Waals surface area (Å²) < 4.78 is 10.6. The third-order valence-electron chi connectivity index (χ3n) is 4.25. The number of carbonyl (C=O) groups is 2. The molecule has 0 aromatic carbocycles. The maximum absolute atomic E-state index is 12.2. The van der Waals surface area contributed by atoms with Crippen molar-refractivity contribution in [3.05, 3.63) is 0 Å². The molecule has 2 aliphatic heterocycles. The molecule has 4 heteroatoms. The van der Waals surface area contributed by atoms with Crippen LogP contribution in [-0.2, 0) is 19.1 Å². The van der Waals surface area contributed by atoms with E-state index in [1.54, 1.807) is 6.92 Å². The summed E-state index contributed by atoms with van der Waals surface area (Å²) in [4.78, 5) is 24.2. The van der Waals surface area contributed by atoms with Crippen molar-refractivity contribution in [1.82, 2.24) is 0 Å². The summed E-state index contributed by atoms with van der Waals surface area (Å²) in [5.41, 5.74) is -1.32. The van der Waals surface area contributed by atoms with Crippen molar-refractivity contribution >= 4 is 11.9 Å². The van der Waals surface area contributed by atoms with Gasteiger partial charge in [-0.1, -0.05) is 6.92 Å². The lowest BCUT2D eigenvalue weighted by molar-refractivity contribution is -0.191. The van der Waals surface area contributed by atoms with Gasteiger partial charge in [-0.2, -0.15) is 0 Å². The molecule has 2 atom stereocenters. The van der Waals surface area contributed by atoms with Crippen LogP contribution >= 0.6 is 0 Å². The second-order valence-electron chi connectivity index (χ2n) is 5.08. The summed E-state index contributed by atoms with van der Waals surface area (Å²) in [6.07, 6.45) is 4.51. The molecule has 0 spiro atoms. The fraction of sp³-hybridized carbons (Fsp3) is 0.846. The Bertz CT molecular complexity index is 338. The summed E-state index contributed by atoms with van der Waals surface area (Å²) in [7, 11) is 0. The maximum Gasteiger partial charge on any atom is 0.324 e. The molecule has 4 nitrogen and oxygen atoms in total. The van der Waals surface area contributed by atoms with Crippen LogP contribution in [0.2, 0.25) is 0 Å². The Morgan fingerprint density at radius 2 is 2.06 bits per heavy atom. The van der Waals surface area contributed by atoms with Crippen LogP contribution in [0.3, 0.4) is 0 Å². The van der Waals surface area contributed by atoms with Gasteiger partial charge in [0.15, 0.2) is 5.41 Å². The van der Waals surface area contributed by atoms with E-state index in [0.717, 1.165) is 25.7 Å². The molecule has 2 unspecified atom stereocenters. The maximum atomic E-state index is 12.2. The van der Waals surface area contributed by atoms with Crippen molar-refractivity contribution in [3.63, 3.8) is 0 Å². The molecule has 1 saturated carbocycles. The molecule has 2 bridgehead atoms. The third kappa shape index (κ3) is 1.83. The van der Waals surface area contributed by atoms with E-state index >= 15 is 0 Å². The Morgan fingerprint density at radius 3 is 2.65 bits per heavy atom. The molecule has 3 fully saturated rings. The van der Waals surface area contributed by atoms with Crippen molar-refractivity contribution in [2.45, 2.75) is 58.0 Å². The van der Waals surface area contributed by atoms with Crippen LogP contribution in [0.15, 0.2) is 0 Å². The monoisotopic (exact) mass is 240 g/mol. The first-order valence-electron chi connectivity index (χ1n) is 6.49. The summed E-state index contributed by atoms with van der Waals surface area (Å²) in [6.45, 7) is 4.11. The van der Waals surface area contributed by atoms with Gasteiger partial charge in [0.1, 0.15) is 5.60 Å². The largest absolute Gasteiger partial charge is 0.465 e. The highest BCUT2D eigenvalue weighted by Crippen LogP contribution is 2.49. The van der Waals surface area contributed by atoms with Crippen LogP contribution in [0.25, 0.3) is 0 Å². The van der Waals surface area contributed by atoms with E-state index < -0.39 is 11.4 Å². The molecular weight excluding hydrogens is 220 g/mol. The van der Waals surface area contributed by atoms with Crippen molar-refractivity contribution in [3.8, 4) is 0 Å². The van der Waals surface area contributed by atoms with Gasteiger partial charge in [0.25, 0.3) is 0 Å². The Morgan fingerprint density at radius 1 is 1.29 bits per heavy atom. The zero-order valence-corrected chi connectivity index (χ0v) is 10.6. The number of fused-ring (bicyclic) bond motifs is 4. The highest BCUT2D eigenvalue weighted by molar-refractivity contribution is 6.00. The highest BCUT2D eigenvalue weighted by Gasteiger charge is 2.57. The molecular formula is C13H20O4. The van der Waals surface area contributed by atoms with E-state index in [9.17, 15) is 9.59 Å². The highest BCUT2D eigenvalue weighted by atomic mass is 16.6. The molecule has 17 heavy (non-hydrogen) atoms. The first-order chi connectivity index (χ1) is 8.08. The predicted octanol–water partition coefficient (Wildman–Crippen LogP) is 2.21. The van der Waals surface area contributed by atoms with Crippen LogP contribution in [0.5, 0.6) is 0 Å². The van der Waals surface area contributed by atoms with Crippen molar-refractivity contribution < 1.29 is 19.1 Å². The van der Waals surface area contributed by atoms with Gasteiger partial charge in [-0.15, -0.1) is 0 Å². The second kappa shape index (κ2) is 4.31. The number of carbonyl (C=O) groups excluding carboxylic acids is 2. The average Bonchev–Trinajstić information content (AvgIpc) is 2.59. The second-order valence-corrected chi connectivity index (χ2v) is 5.08.